The normalized spacial score (nSPS) is 15.8. The monoisotopic (exact) mass is 325 g/mol. The second kappa shape index (κ2) is 8.04. The first-order valence-corrected chi connectivity index (χ1v) is 7.66. The van der Waals surface area contributed by atoms with Crippen LogP contribution in [-0.2, 0) is 4.74 Å². The fourth-order valence-electron chi connectivity index (χ4n) is 2.93. The molecule has 0 unspecified atom stereocenters. The van der Waals surface area contributed by atoms with E-state index in [0.29, 0.717) is 0 Å². The van der Waals surface area contributed by atoms with Crippen LogP contribution in [0.1, 0.15) is 5.56 Å². The summed E-state index contributed by atoms with van der Waals surface area (Å²) in [5.74, 6) is 9.51. The predicted molar refractivity (Wildman–Crippen MR) is 90.2 cm³/mol. The van der Waals surface area contributed by atoms with Gasteiger partial charge in [-0.1, -0.05) is 42.3 Å². The summed E-state index contributed by atoms with van der Waals surface area (Å²) in [6.07, 6.45) is 5.55. The maximum atomic E-state index is 5.55. The smallest absolute Gasteiger partial charge is 0.142 e. The summed E-state index contributed by atoms with van der Waals surface area (Å²) in [7, 11) is 0. The van der Waals surface area contributed by atoms with Crippen LogP contribution < -0.4 is 12.4 Å². The Bertz CT molecular complexity index is 755. The van der Waals surface area contributed by atoms with Gasteiger partial charge in [-0.25, -0.2) is 0 Å². The zero-order valence-corrected chi connectivity index (χ0v) is 13.9. The zero-order valence-electron chi connectivity index (χ0n) is 13.1. The standard InChI is InChI=1S/C20H20NO.ClH/c1-2-12-21(14-16-22-17-15-21)13-6-10-19-9-5-8-18-7-3-4-11-20(18)19;/h1,3-5,7-9,11H,12-17H2;1H/q+1;/p-1. The molecular formula is C20H20ClNO. The molecule has 2 aromatic carbocycles. The molecule has 23 heavy (non-hydrogen) atoms. The molecule has 2 aromatic rings. The SMILES string of the molecule is C#CC[N+]1(CC#Cc2cccc3ccccc23)CCOCC1.[Cl-]. The molecule has 0 saturated carbocycles. The van der Waals surface area contributed by atoms with E-state index in [4.69, 9.17) is 11.2 Å². The first kappa shape index (κ1) is 17.4. The number of quaternary nitrogens is 1. The quantitative estimate of drug-likeness (QED) is 0.543. The van der Waals surface area contributed by atoms with Crippen molar-refractivity contribution >= 4 is 10.8 Å². The number of nitrogens with zero attached hydrogens (tertiary/aromatic N) is 1. The Labute approximate surface area is 144 Å². The fourth-order valence-corrected chi connectivity index (χ4v) is 2.93. The molecule has 0 N–H and O–H groups in total. The van der Waals surface area contributed by atoms with E-state index in [1.807, 2.05) is 0 Å². The van der Waals surface area contributed by atoms with Crippen LogP contribution in [0.15, 0.2) is 42.5 Å². The van der Waals surface area contributed by atoms with Gasteiger partial charge in [-0.2, -0.15) is 0 Å². The summed E-state index contributed by atoms with van der Waals surface area (Å²) in [5, 5.41) is 2.44. The van der Waals surface area contributed by atoms with Crippen molar-refractivity contribution in [2.45, 2.75) is 0 Å². The van der Waals surface area contributed by atoms with E-state index < -0.39 is 0 Å². The van der Waals surface area contributed by atoms with Crippen molar-refractivity contribution in [2.75, 3.05) is 39.4 Å². The summed E-state index contributed by atoms with van der Waals surface area (Å²) in [4.78, 5) is 0. The van der Waals surface area contributed by atoms with Crippen LogP contribution in [0.5, 0.6) is 0 Å². The second-order valence-electron chi connectivity index (χ2n) is 5.75. The molecule has 1 aliphatic rings. The van der Waals surface area contributed by atoms with Crippen LogP contribution in [0.2, 0.25) is 0 Å². The van der Waals surface area contributed by atoms with Crippen molar-refractivity contribution < 1.29 is 21.6 Å². The van der Waals surface area contributed by atoms with Gasteiger partial charge in [0.25, 0.3) is 0 Å². The Kier molecular flexibility index (Phi) is 6.08. The van der Waals surface area contributed by atoms with E-state index in [1.165, 1.54) is 10.8 Å². The minimum Gasteiger partial charge on any atom is -1.00 e. The number of hydrogen-bond donors (Lipinski definition) is 0. The van der Waals surface area contributed by atoms with E-state index in [-0.39, 0.29) is 12.4 Å². The Morgan fingerprint density at radius 3 is 2.52 bits per heavy atom. The van der Waals surface area contributed by atoms with Gasteiger partial charge in [0.2, 0.25) is 0 Å². The van der Waals surface area contributed by atoms with E-state index >= 15 is 0 Å². The Balaban J connectivity index is 0.00000192. The molecule has 3 rings (SSSR count). The molecule has 0 spiro atoms. The van der Waals surface area contributed by atoms with Crippen molar-refractivity contribution in [1.29, 1.82) is 0 Å². The highest BCUT2D eigenvalue weighted by Crippen LogP contribution is 2.17. The maximum absolute atomic E-state index is 5.55. The molecule has 0 aliphatic carbocycles. The predicted octanol–water partition coefficient (Wildman–Crippen LogP) is -0.324. The number of benzene rings is 2. The molecule has 0 atom stereocenters. The third kappa shape index (κ3) is 4.06. The first-order valence-electron chi connectivity index (χ1n) is 7.66. The molecule has 2 nitrogen and oxygen atoms in total. The molecule has 1 aliphatic heterocycles. The van der Waals surface area contributed by atoms with E-state index in [9.17, 15) is 0 Å². The molecule has 0 aromatic heterocycles. The molecule has 1 fully saturated rings. The number of hydrogen-bond acceptors (Lipinski definition) is 1. The topological polar surface area (TPSA) is 9.23 Å². The number of rotatable bonds is 2. The maximum Gasteiger partial charge on any atom is 0.142 e. The van der Waals surface area contributed by atoms with Crippen molar-refractivity contribution in [3.63, 3.8) is 0 Å². The lowest BCUT2D eigenvalue weighted by molar-refractivity contribution is -0.922. The molecule has 0 bridgehead atoms. The average molecular weight is 326 g/mol. The van der Waals surface area contributed by atoms with E-state index in [1.54, 1.807) is 0 Å². The van der Waals surface area contributed by atoms with E-state index in [0.717, 1.165) is 49.4 Å². The molecule has 118 valence electrons. The lowest BCUT2D eigenvalue weighted by Gasteiger charge is -2.38. The van der Waals surface area contributed by atoms with Gasteiger partial charge in [0.15, 0.2) is 0 Å². The van der Waals surface area contributed by atoms with E-state index in [2.05, 4.69) is 60.2 Å². The van der Waals surface area contributed by atoms with Gasteiger partial charge in [-0.05, 0) is 28.7 Å². The molecular weight excluding hydrogens is 306 g/mol. The number of terminal acetylenes is 1. The van der Waals surface area contributed by atoms with Gasteiger partial charge in [0.05, 0.1) is 13.2 Å². The molecule has 1 heterocycles. The Hall–Kier alpha value is -1.97. The highest BCUT2D eigenvalue weighted by atomic mass is 35.5. The molecule has 1 saturated heterocycles. The zero-order chi connectivity index (χ0) is 15.3. The van der Waals surface area contributed by atoms with Crippen LogP contribution >= 0.6 is 0 Å². The van der Waals surface area contributed by atoms with Gasteiger partial charge in [-0.3, -0.25) is 4.48 Å². The first-order chi connectivity index (χ1) is 10.8. The van der Waals surface area contributed by atoms with Crippen molar-refractivity contribution in [3.8, 4) is 24.2 Å². The van der Waals surface area contributed by atoms with Gasteiger partial charge in [0, 0.05) is 5.56 Å². The second-order valence-corrected chi connectivity index (χ2v) is 5.75. The fraction of sp³-hybridized carbons (Fsp3) is 0.300. The third-order valence-corrected chi connectivity index (χ3v) is 4.27. The van der Waals surface area contributed by atoms with Crippen molar-refractivity contribution in [3.05, 3.63) is 48.0 Å². The van der Waals surface area contributed by atoms with Gasteiger partial charge >= 0.3 is 0 Å². The Morgan fingerprint density at radius 1 is 1.00 bits per heavy atom. The highest BCUT2D eigenvalue weighted by molar-refractivity contribution is 5.88. The minimum absolute atomic E-state index is 0. The van der Waals surface area contributed by atoms with Crippen LogP contribution in [-0.4, -0.2) is 43.9 Å². The minimum atomic E-state index is 0. The average Bonchev–Trinajstić information content (AvgIpc) is 2.56. The number of morpholine rings is 1. The molecule has 0 amide bonds. The van der Waals surface area contributed by atoms with Gasteiger partial charge in [-0.15, -0.1) is 6.42 Å². The summed E-state index contributed by atoms with van der Waals surface area (Å²) in [6.45, 7) is 4.97. The van der Waals surface area contributed by atoms with Crippen molar-refractivity contribution in [1.82, 2.24) is 0 Å². The summed E-state index contributed by atoms with van der Waals surface area (Å²) < 4.78 is 6.32. The number of halogens is 1. The highest BCUT2D eigenvalue weighted by Gasteiger charge is 2.28. The number of fused-ring (bicyclic) bond motifs is 1. The van der Waals surface area contributed by atoms with Crippen LogP contribution in [0.4, 0.5) is 0 Å². The van der Waals surface area contributed by atoms with Gasteiger partial charge in [0.1, 0.15) is 26.2 Å². The third-order valence-electron chi connectivity index (χ3n) is 4.27. The molecule has 0 radical (unpaired) electrons. The Morgan fingerprint density at radius 2 is 1.74 bits per heavy atom. The van der Waals surface area contributed by atoms with Crippen molar-refractivity contribution in [2.24, 2.45) is 0 Å². The van der Waals surface area contributed by atoms with Gasteiger partial charge < -0.3 is 17.1 Å². The number of ether oxygens (including phenoxy) is 1. The summed E-state index contributed by atoms with van der Waals surface area (Å²) in [6, 6.07) is 14.6. The van der Waals surface area contributed by atoms with Crippen LogP contribution in [0.3, 0.4) is 0 Å². The largest absolute Gasteiger partial charge is 1.00 e. The lowest BCUT2D eigenvalue weighted by atomic mass is 10.1. The lowest BCUT2D eigenvalue weighted by Crippen LogP contribution is -3.00. The summed E-state index contributed by atoms with van der Waals surface area (Å²) >= 11 is 0. The summed E-state index contributed by atoms with van der Waals surface area (Å²) in [5.41, 5.74) is 1.09. The molecule has 3 heteroatoms. The van der Waals surface area contributed by atoms with Crippen LogP contribution in [0, 0.1) is 24.2 Å². The van der Waals surface area contributed by atoms with Crippen LogP contribution in [0.25, 0.3) is 10.8 Å².